The van der Waals surface area contributed by atoms with Crippen LogP contribution in [0.5, 0.6) is 0 Å². The average molecular weight is 319 g/mol. The van der Waals surface area contributed by atoms with Crippen LogP contribution >= 0.6 is 0 Å². The minimum absolute atomic E-state index is 0.477. The van der Waals surface area contributed by atoms with Gasteiger partial charge < -0.3 is 10.6 Å². The fourth-order valence-electron chi connectivity index (χ4n) is 2.45. The minimum Gasteiger partial charge on any atom is -0.339 e. The normalized spacial score (nSPS) is 10.5. The zero-order valence-corrected chi connectivity index (χ0v) is 14.2. The molecule has 1 heterocycles. The maximum absolute atomic E-state index is 4.49. The Balaban J connectivity index is 1.80. The van der Waals surface area contributed by atoms with Gasteiger partial charge in [0.15, 0.2) is 5.82 Å². The maximum atomic E-state index is 4.49. The Labute approximate surface area is 142 Å². The van der Waals surface area contributed by atoms with Crippen molar-refractivity contribution in [2.24, 2.45) is 0 Å². The molecule has 1 aromatic heterocycles. The predicted molar refractivity (Wildman–Crippen MR) is 98.1 cm³/mol. The largest absolute Gasteiger partial charge is 0.339 e. The molecule has 0 atom stereocenters. The third kappa shape index (κ3) is 3.68. The number of hydrogen-bond donors (Lipinski definition) is 2. The molecule has 2 N–H and O–H groups in total. The standard InChI is InChI=1S/C19H21N5/c1-4-15-7-5-6-8-17(15)22-19-23-18(12-20-24-19)21-16-10-9-13(2)14(3)11-16/h5-12H,4H2,1-3H3,(H2,21,22,23,24). The smallest absolute Gasteiger partial charge is 0.249 e. The van der Waals surface area contributed by atoms with Crippen LogP contribution in [0.2, 0.25) is 0 Å². The molecule has 24 heavy (non-hydrogen) atoms. The molecule has 0 amide bonds. The van der Waals surface area contributed by atoms with Crippen LogP contribution in [0.1, 0.15) is 23.6 Å². The van der Waals surface area contributed by atoms with Crippen molar-refractivity contribution in [1.29, 1.82) is 0 Å². The number of aryl methyl sites for hydroxylation is 3. The minimum atomic E-state index is 0.477. The summed E-state index contributed by atoms with van der Waals surface area (Å²) in [6.45, 7) is 6.31. The van der Waals surface area contributed by atoms with Crippen molar-refractivity contribution in [1.82, 2.24) is 15.2 Å². The van der Waals surface area contributed by atoms with Crippen molar-refractivity contribution in [3.05, 3.63) is 65.4 Å². The van der Waals surface area contributed by atoms with E-state index in [1.807, 2.05) is 24.3 Å². The van der Waals surface area contributed by atoms with E-state index in [0.717, 1.165) is 17.8 Å². The van der Waals surface area contributed by atoms with Crippen molar-refractivity contribution < 1.29 is 0 Å². The molecule has 0 aliphatic heterocycles. The van der Waals surface area contributed by atoms with E-state index in [4.69, 9.17) is 0 Å². The van der Waals surface area contributed by atoms with Crippen LogP contribution in [0.3, 0.4) is 0 Å². The Morgan fingerprint density at radius 2 is 1.79 bits per heavy atom. The van der Waals surface area contributed by atoms with Gasteiger partial charge in [0.05, 0.1) is 6.20 Å². The quantitative estimate of drug-likeness (QED) is 0.723. The molecule has 0 saturated carbocycles. The van der Waals surface area contributed by atoms with E-state index in [0.29, 0.717) is 11.8 Å². The Morgan fingerprint density at radius 3 is 2.58 bits per heavy atom. The summed E-state index contributed by atoms with van der Waals surface area (Å²) in [6.07, 6.45) is 2.56. The summed E-state index contributed by atoms with van der Waals surface area (Å²) in [5, 5.41) is 14.6. The van der Waals surface area contributed by atoms with Crippen molar-refractivity contribution in [2.45, 2.75) is 27.2 Å². The van der Waals surface area contributed by atoms with Crippen LogP contribution in [0.15, 0.2) is 48.7 Å². The zero-order chi connectivity index (χ0) is 16.9. The lowest BCUT2D eigenvalue weighted by atomic mass is 10.1. The van der Waals surface area contributed by atoms with Gasteiger partial charge in [-0.1, -0.05) is 31.2 Å². The van der Waals surface area contributed by atoms with E-state index >= 15 is 0 Å². The number of aromatic nitrogens is 3. The third-order valence-electron chi connectivity index (χ3n) is 3.98. The summed E-state index contributed by atoms with van der Waals surface area (Å²) in [4.78, 5) is 4.49. The molecule has 0 spiro atoms. The van der Waals surface area contributed by atoms with Crippen LogP contribution < -0.4 is 10.6 Å². The highest BCUT2D eigenvalue weighted by molar-refractivity contribution is 5.61. The van der Waals surface area contributed by atoms with Gasteiger partial charge in [-0.15, -0.1) is 5.10 Å². The van der Waals surface area contributed by atoms with Crippen molar-refractivity contribution in [3.63, 3.8) is 0 Å². The first-order valence-corrected chi connectivity index (χ1v) is 8.04. The van der Waals surface area contributed by atoms with Crippen molar-refractivity contribution >= 4 is 23.1 Å². The molecule has 0 aliphatic rings. The van der Waals surface area contributed by atoms with Gasteiger partial charge in [-0.05, 0) is 55.2 Å². The highest BCUT2D eigenvalue weighted by Gasteiger charge is 2.05. The first-order chi connectivity index (χ1) is 11.7. The zero-order valence-electron chi connectivity index (χ0n) is 14.2. The van der Waals surface area contributed by atoms with E-state index in [9.17, 15) is 0 Å². The van der Waals surface area contributed by atoms with Gasteiger partial charge in [-0.25, -0.2) is 0 Å². The number of hydrogen-bond acceptors (Lipinski definition) is 5. The van der Waals surface area contributed by atoms with Gasteiger partial charge in [-0.2, -0.15) is 10.1 Å². The van der Waals surface area contributed by atoms with Crippen LogP contribution in [0.25, 0.3) is 0 Å². The van der Waals surface area contributed by atoms with E-state index in [1.165, 1.54) is 16.7 Å². The molecule has 3 aromatic rings. The number of rotatable bonds is 5. The SMILES string of the molecule is CCc1ccccc1Nc1nncc(Nc2ccc(C)c(C)c2)n1. The lowest BCUT2D eigenvalue weighted by molar-refractivity contribution is 0.980. The van der Waals surface area contributed by atoms with Gasteiger partial charge >= 0.3 is 0 Å². The fourth-order valence-corrected chi connectivity index (χ4v) is 2.45. The molecular formula is C19H21N5. The van der Waals surface area contributed by atoms with Crippen molar-refractivity contribution in [2.75, 3.05) is 10.6 Å². The van der Waals surface area contributed by atoms with Crippen LogP contribution in [-0.4, -0.2) is 15.2 Å². The van der Waals surface area contributed by atoms with Gasteiger partial charge in [0.1, 0.15) is 0 Å². The molecule has 0 radical (unpaired) electrons. The highest BCUT2D eigenvalue weighted by atomic mass is 15.3. The van der Waals surface area contributed by atoms with Gasteiger partial charge in [0.25, 0.3) is 0 Å². The molecular weight excluding hydrogens is 298 g/mol. The molecule has 3 rings (SSSR count). The first kappa shape index (κ1) is 15.9. The molecule has 122 valence electrons. The Hall–Kier alpha value is -2.95. The first-order valence-electron chi connectivity index (χ1n) is 8.04. The summed E-state index contributed by atoms with van der Waals surface area (Å²) >= 11 is 0. The lowest BCUT2D eigenvalue weighted by Gasteiger charge is -2.11. The molecule has 0 unspecified atom stereocenters. The number of nitrogens with zero attached hydrogens (tertiary/aromatic N) is 3. The molecule has 0 fully saturated rings. The lowest BCUT2D eigenvalue weighted by Crippen LogP contribution is -2.04. The van der Waals surface area contributed by atoms with Gasteiger partial charge in [0.2, 0.25) is 5.95 Å². The molecule has 0 saturated heterocycles. The van der Waals surface area contributed by atoms with Crippen LogP contribution in [0, 0.1) is 13.8 Å². The number of para-hydroxylation sites is 1. The molecule has 0 aliphatic carbocycles. The Morgan fingerprint density at radius 1 is 0.958 bits per heavy atom. The number of anilines is 4. The topological polar surface area (TPSA) is 62.7 Å². The summed E-state index contributed by atoms with van der Waals surface area (Å²) in [5.74, 6) is 1.13. The summed E-state index contributed by atoms with van der Waals surface area (Å²) < 4.78 is 0. The molecule has 5 nitrogen and oxygen atoms in total. The Bertz CT molecular complexity index is 845. The van der Waals surface area contributed by atoms with Crippen LogP contribution in [-0.2, 0) is 6.42 Å². The van der Waals surface area contributed by atoms with Crippen molar-refractivity contribution in [3.8, 4) is 0 Å². The van der Waals surface area contributed by atoms with Gasteiger partial charge in [-0.3, -0.25) is 0 Å². The van der Waals surface area contributed by atoms with Gasteiger partial charge in [0, 0.05) is 11.4 Å². The Kier molecular flexibility index (Phi) is 4.70. The fraction of sp³-hybridized carbons (Fsp3) is 0.211. The molecule has 5 heteroatoms. The highest BCUT2D eigenvalue weighted by Crippen LogP contribution is 2.21. The monoisotopic (exact) mass is 319 g/mol. The number of nitrogens with one attached hydrogen (secondary N) is 2. The van der Waals surface area contributed by atoms with E-state index in [1.54, 1.807) is 6.20 Å². The molecule has 0 bridgehead atoms. The second kappa shape index (κ2) is 7.08. The summed E-state index contributed by atoms with van der Waals surface area (Å²) in [5.41, 5.74) is 5.70. The van der Waals surface area contributed by atoms with E-state index < -0.39 is 0 Å². The molecule has 2 aromatic carbocycles. The van der Waals surface area contributed by atoms with E-state index in [-0.39, 0.29) is 0 Å². The maximum Gasteiger partial charge on any atom is 0.249 e. The second-order valence-corrected chi connectivity index (χ2v) is 5.72. The summed E-state index contributed by atoms with van der Waals surface area (Å²) in [6, 6.07) is 14.3. The van der Waals surface area contributed by atoms with Crippen LogP contribution in [0.4, 0.5) is 23.1 Å². The second-order valence-electron chi connectivity index (χ2n) is 5.72. The predicted octanol–water partition coefficient (Wildman–Crippen LogP) is 4.54. The third-order valence-corrected chi connectivity index (χ3v) is 3.98. The number of benzene rings is 2. The average Bonchev–Trinajstić information content (AvgIpc) is 2.59. The summed E-state index contributed by atoms with van der Waals surface area (Å²) in [7, 11) is 0. The van der Waals surface area contributed by atoms with E-state index in [2.05, 4.69) is 64.8 Å².